The average Bonchev–Trinajstić information content (AvgIpc) is 2.35. The summed E-state index contributed by atoms with van der Waals surface area (Å²) in [5.74, 6) is -0.0678. The first-order chi connectivity index (χ1) is 8.84. The number of amides is 1. The summed E-state index contributed by atoms with van der Waals surface area (Å²) >= 11 is 0. The van der Waals surface area contributed by atoms with Crippen LogP contribution in [0.15, 0.2) is 24.3 Å². The monoisotopic (exact) mass is 262 g/mol. The number of rotatable bonds is 5. The fourth-order valence-electron chi connectivity index (χ4n) is 1.88. The van der Waals surface area contributed by atoms with Gasteiger partial charge in [-0.15, -0.1) is 0 Å². The second-order valence-electron chi connectivity index (χ2n) is 6.06. The van der Waals surface area contributed by atoms with Crippen LogP contribution in [0.3, 0.4) is 0 Å². The quantitative estimate of drug-likeness (QED) is 0.857. The predicted molar refractivity (Wildman–Crippen MR) is 79.9 cm³/mol. The Morgan fingerprint density at radius 3 is 2.32 bits per heavy atom. The lowest BCUT2D eigenvalue weighted by Crippen LogP contribution is -2.40. The first-order valence-electron chi connectivity index (χ1n) is 6.97. The summed E-state index contributed by atoms with van der Waals surface area (Å²) in [4.78, 5) is 11.7. The summed E-state index contributed by atoms with van der Waals surface area (Å²) in [5, 5.41) is 2.88. The Morgan fingerprint density at radius 1 is 1.26 bits per heavy atom. The first-order valence-corrected chi connectivity index (χ1v) is 6.97. The van der Waals surface area contributed by atoms with Crippen molar-refractivity contribution < 1.29 is 4.79 Å². The van der Waals surface area contributed by atoms with Crippen LogP contribution in [0.5, 0.6) is 0 Å². The van der Waals surface area contributed by atoms with Crippen LogP contribution in [0.1, 0.15) is 51.7 Å². The van der Waals surface area contributed by atoms with Crippen LogP contribution in [0.4, 0.5) is 0 Å². The lowest BCUT2D eigenvalue weighted by Gasteiger charge is -2.19. The molecule has 0 aliphatic rings. The maximum Gasteiger partial charge on any atom is 0.237 e. The number of nitrogens with one attached hydrogen (secondary N) is 1. The number of hydrogen-bond donors (Lipinski definition) is 2. The van der Waals surface area contributed by atoms with Crippen molar-refractivity contribution in [3.63, 3.8) is 0 Å². The number of hydrogen-bond acceptors (Lipinski definition) is 2. The molecule has 1 unspecified atom stereocenters. The van der Waals surface area contributed by atoms with Gasteiger partial charge < -0.3 is 11.1 Å². The number of nitrogens with two attached hydrogens (primary N) is 1. The molecule has 0 aliphatic carbocycles. The van der Waals surface area contributed by atoms with E-state index in [9.17, 15) is 4.79 Å². The molecule has 0 bridgehead atoms. The van der Waals surface area contributed by atoms with Crippen LogP contribution in [0.2, 0.25) is 0 Å². The van der Waals surface area contributed by atoms with Crippen molar-refractivity contribution in [3.05, 3.63) is 35.4 Å². The molecule has 19 heavy (non-hydrogen) atoms. The van der Waals surface area contributed by atoms with Gasteiger partial charge in [0.15, 0.2) is 0 Å². The van der Waals surface area contributed by atoms with Crippen LogP contribution in [0, 0.1) is 0 Å². The molecule has 1 aromatic carbocycles. The zero-order valence-corrected chi connectivity index (χ0v) is 12.5. The molecule has 1 atom stereocenters. The third kappa shape index (κ3) is 5.03. The molecule has 0 heterocycles. The third-order valence-electron chi connectivity index (χ3n) is 3.22. The van der Waals surface area contributed by atoms with Gasteiger partial charge in [0.2, 0.25) is 5.91 Å². The van der Waals surface area contributed by atoms with Crippen molar-refractivity contribution in [2.45, 2.75) is 58.5 Å². The zero-order valence-electron chi connectivity index (χ0n) is 12.5. The maximum atomic E-state index is 11.7. The van der Waals surface area contributed by atoms with Crippen LogP contribution in [-0.2, 0) is 16.8 Å². The van der Waals surface area contributed by atoms with Gasteiger partial charge in [-0.25, -0.2) is 0 Å². The molecular weight excluding hydrogens is 236 g/mol. The smallest absolute Gasteiger partial charge is 0.237 e. The van der Waals surface area contributed by atoms with Gasteiger partial charge >= 0.3 is 0 Å². The first kappa shape index (κ1) is 15.7. The molecule has 0 radical (unpaired) electrons. The Hall–Kier alpha value is -1.35. The minimum Gasteiger partial charge on any atom is -0.351 e. The number of benzene rings is 1. The van der Waals surface area contributed by atoms with Crippen molar-refractivity contribution in [1.82, 2.24) is 5.32 Å². The summed E-state index contributed by atoms with van der Waals surface area (Å²) in [5.41, 5.74) is 8.32. The van der Waals surface area contributed by atoms with Gasteiger partial charge in [-0.05, 0) is 23.0 Å². The van der Waals surface area contributed by atoms with E-state index in [0.29, 0.717) is 6.54 Å². The van der Waals surface area contributed by atoms with Crippen LogP contribution in [0.25, 0.3) is 0 Å². The molecule has 3 N–H and O–H groups in total. The Kier molecular flexibility index (Phi) is 5.55. The molecule has 3 nitrogen and oxygen atoms in total. The fourth-order valence-corrected chi connectivity index (χ4v) is 1.88. The van der Waals surface area contributed by atoms with Gasteiger partial charge in [0.1, 0.15) is 0 Å². The topological polar surface area (TPSA) is 55.1 Å². The molecule has 0 aromatic heterocycles. The Balaban J connectivity index is 2.53. The van der Waals surface area contributed by atoms with Crippen molar-refractivity contribution >= 4 is 5.91 Å². The highest BCUT2D eigenvalue weighted by atomic mass is 16.2. The van der Waals surface area contributed by atoms with Crippen LogP contribution in [-0.4, -0.2) is 11.9 Å². The normalized spacial score (nSPS) is 13.1. The summed E-state index contributed by atoms with van der Waals surface area (Å²) in [7, 11) is 0. The molecule has 0 aliphatic heterocycles. The molecule has 1 amide bonds. The molecule has 0 spiro atoms. The van der Waals surface area contributed by atoms with Gasteiger partial charge in [-0.2, -0.15) is 0 Å². The Bertz CT molecular complexity index is 404. The van der Waals surface area contributed by atoms with E-state index in [0.717, 1.165) is 18.4 Å². The lowest BCUT2D eigenvalue weighted by atomic mass is 9.87. The molecule has 1 rings (SSSR count). The molecule has 1 aromatic rings. The fraction of sp³-hybridized carbons (Fsp3) is 0.562. The summed E-state index contributed by atoms with van der Waals surface area (Å²) in [6, 6.07) is 7.97. The standard InChI is InChI=1S/C16H26N2O/c1-5-6-14(17)15(19)18-11-12-7-9-13(10-8-12)16(2,3)4/h7-10,14H,5-6,11,17H2,1-4H3,(H,18,19). The van der Waals surface area contributed by atoms with Crippen molar-refractivity contribution in [2.24, 2.45) is 5.73 Å². The molecular formula is C16H26N2O. The van der Waals surface area contributed by atoms with E-state index < -0.39 is 0 Å². The highest BCUT2D eigenvalue weighted by Crippen LogP contribution is 2.22. The SMILES string of the molecule is CCCC(N)C(=O)NCc1ccc(C(C)(C)C)cc1. The van der Waals surface area contributed by atoms with E-state index in [-0.39, 0.29) is 17.4 Å². The summed E-state index contributed by atoms with van der Waals surface area (Å²) in [6.45, 7) is 9.13. The van der Waals surface area contributed by atoms with E-state index in [1.165, 1.54) is 5.56 Å². The number of carbonyl (C=O) groups excluding carboxylic acids is 1. The Labute approximate surface area is 116 Å². The van der Waals surface area contributed by atoms with E-state index in [1.54, 1.807) is 0 Å². The molecule has 0 saturated carbocycles. The van der Waals surface area contributed by atoms with E-state index >= 15 is 0 Å². The van der Waals surface area contributed by atoms with Crippen LogP contribution >= 0.6 is 0 Å². The lowest BCUT2D eigenvalue weighted by molar-refractivity contribution is -0.122. The van der Waals surface area contributed by atoms with E-state index in [4.69, 9.17) is 5.73 Å². The van der Waals surface area contributed by atoms with Crippen molar-refractivity contribution in [1.29, 1.82) is 0 Å². The number of carbonyl (C=O) groups is 1. The molecule has 3 heteroatoms. The zero-order chi connectivity index (χ0) is 14.5. The maximum absolute atomic E-state index is 11.7. The Morgan fingerprint density at radius 2 is 1.84 bits per heavy atom. The van der Waals surface area contributed by atoms with E-state index in [1.807, 2.05) is 6.92 Å². The van der Waals surface area contributed by atoms with Crippen LogP contribution < -0.4 is 11.1 Å². The van der Waals surface area contributed by atoms with Gasteiger partial charge in [0.25, 0.3) is 0 Å². The highest BCUT2D eigenvalue weighted by molar-refractivity contribution is 5.81. The largest absolute Gasteiger partial charge is 0.351 e. The summed E-state index contributed by atoms with van der Waals surface area (Å²) in [6.07, 6.45) is 1.66. The minimum atomic E-state index is -0.390. The van der Waals surface area contributed by atoms with Gasteiger partial charge in [-0.3, -0.25) is 4.79 Å². The van der Waals surface area contributed by atoms with E-state index in [2.05, 4.69) is 50.4 Å². The molecule has 106 valence electrons. The second-order valence-corrected chi connectivity index (χ2v) is 6.06. The van der Waals surface area contributed by atoms with Crippen molar-refractivity contribution in [2.75, 3.05) is 0 Å². The minimum absolute atomic E-state index is 0.0678. The highest BCUT2D eigenvalue weighted by Gasteiger charge is 2.14. The average molecular weight is 262 g/mol. The molecule has 0 saturated heterocycles. The second kappa shape index (κ2) is 6.71. The summed E-state index contributed by atoms with van der Waals surface area (Å²) < 4.78 is 0. The van der Waals surface area contributed by atoms with Gasteiger partial charge in [0, 0.05) is 6.54 Å². The van der Waals surface area contributed by atoms with Crippen molar-refractivity contribution in [3.8, 4) is 0 Å². The van der Waals surface area contributed by atoms with Gasteiger partial charge in [0.05, 0.1) is 6.04 Å². The predicted octanol–water partition coefficient (Wildman–Crippen LogP) is 2.73. The molecule has 0 fully saturated rings. The van der Waals surface area contributed by atoms with Gasteiger partial charge in [-0.1, -0.05) is 58.4 Å². The third-order valence-corrected chi connectivity index (χ3v) is 3.22.